The van der Waals surface area contributed by atoms with E-state index in [9.17, 15) is 9.59 Å². The summed E-state index contributed by atoms with van der Waals surface area (Å²) in [7, 11) is 0. The van der Waals surface area contributed by atoms with Crippen LogP contribution in [0.3, 0.4) is 0 Å². The first kappa shape index (κ1) is 19.5. The first-order valence-corrected chi connectivity index (χ1v) is 10.6. The molecule has 2 N–H and O–H groups in total. The predicted molar refractivity (Wildman–Crippen MR) is 112 cm³/mol. The smallest absolute Gasteiger partial charge is 0.321 e. The maximum Gasteiger partial charge on any atom is 0.321 e. The van der Waals surface area contributed by atoms with Gasteiger partial charge in [0.2, 0.25) is 5.91 Å². The van der Waals surface area contributed by atoms with Crippen LogP contribution in [0, 0.1) is 5.92 Å². The van der Waals surface area contributed by atoms with Crippen molar-refractivity contribution in [1.29, 1.82) is 0 Å². The Balaban J connectivity index is 1.37. The number of amides is 3. The highest BCUT2D eigenvalue weighted by atomic mass is 16.2. The fourth-order valence-electron chi connectivity index (χ4n) is 4.26. The maximum atomic E-state index is 12.4. The number of fused-ring (bicyclic) bond motifs is 1. The monoisotopic (exact) mass is 423 g/mol. The molecule has 0 bridgehead atoms. The first-order valence-electron chi connectivity index (χ1n) is 10.6. The minimum absolute atomic E-state index is 0.228. The van der Waals surface area contributed by atoms with Crippen molar-refractivity contribution in [3.05, 3.63) is 36.0 Å². The average molecular weight is 423 g/mol. The van der Waals surface area contributed by atoms with Crippen molar-refractivity contribution in [3.8, 4) is 0 Å². The van der Waals surface area contributed by atoms with Crippen LogP contribution >= 0.6 is 0 Å². The lowest BCUT2D eigenvalue weighted by molar-refractivity contribution is -0.122. The molecule has 11 nitrogen and oxygen atoms in total. The molecule has 0 spiro atoms. The van der Waals surface area contributed by atoms with Crippen LogP contribution in [-0.2, 0) is 11.2 Å². The van der Waals surface area contributed by atoms with Crippen molar-refractivity contribution in [2.45, 2.75) is 38.6 Å². The Morgan fingerprint density at radius 3 is 2.94 bits per heavy atom. The SMILES string of the molecule is CC(C)n1cc(CC2CCN(c3cc(C4CNC(=O)NC4=O)nn4ccnc34)C2)nn1. The van der Waals surface area contributed by atoms with Gasteiger partial charge in [0.1, 0.15) is 0 Å². The molecular formula is C20H25N9O2. The third kappa shape index (κ3) is 3.71. The van der Waals surface area contributed by atoms with Gasteiger partial charge in [0, 0.05) is 44.3 Å². The zero-order valence-corrected chi connectivity index (χ0v) is 17.5. The van der Waals surface area contributed by atoms with E-state index in [2.05, 4.69) is 49.8 Å². The van der Waals surface area contributed by atoms with Gasteiger partial charge in [-0.15, -0.1) is 5.10 Å². The molecule has 11 heteroatoms. The van der Waals surface area contributed by atoms with Crippen LogP contribution in [0.25, 0.3) is 5.65 Å². The fraction of sp³-hybridized carbons (Fsp3) is 0.500. The van der Waals surface area contributed by atoms with E-state index >= 15 is 0 Å². The van der Waals surface area contributed by atoms with Crippen molar-refractivity contribution in [2.75, 3.05) is 24.5 Å². The minimum atomic E-state index is -0.535. The van der Waals surface area contributed by atoms with Gasteiger partial charge in [-0.25, -0.2) is 19.0 Å². The molecule has 3 aromatic rings. The molecule has 2 unspecified atom stereocenters. The van der Waals surface area contributed by atoms with E-state index in [0.29, 0.717) is 17.7 Å². The molecule has 2 aliphatic heterocycles. The summed E-state index contributed by atoms with van der Waals surface area (Å²) in [6.07, 6.45) is 7.43. The zero-order chi connectivity index (χ0) is 21.5. The van der Waals surface area contributed by atoms with Crippen molar-refractivity contribution in [3.63, 3.8) is 0 Å². The molecule has 3 aromatic heterocycles. The van der Waals surface area contributed by atoms with Gasteiger partial charge in [-0.1, -0.05) is 5.21 Å². The summed E-state index contributed by atoms with van der Waals surface area (Å²) in [4.78, 5) is 30.5. The van der Waals surface area contributed by atoms with Crippen LogP contribution < -0.4 is 15.5 Å². The van der Waals surface area contributed by atoms with E-state index < -0.39 is 11.9 Å². The second kappa shape index (κ2) is 7.64. The number of nitrogens with one attached hydrogen (secondary N) is 2. The Hall–Kier alpha value is -3.50. The molecule has 5 heterocycles. The van der Waals surface area contributed by atoms with Crippen LogP contribution in [0.4, 0.5) is 10.5 Å². The van der Waals surface area contributed by atoms with E-state index in [1.807, 2.05) is 16.9 Å². The van der Waals surface area contributed by atoms with Crippen molar-refractivity contribution in [1.82, 2.24) is 40.2 Å². The van der Waals surface area contributed by atoms with Crippen molar-refractivity contribution < 1.29 is 9.59 Å². The number of anilines is 1. The summed E-state index contributed by atoms with van der Waals surface area (Å²) < 4.78 is 3.59. The molecule has 2 fully saturated rings. The number of carbonyl (C=O) groups excluding carboxylic acids is 2. The number of imide groups is 1. The highest BCUT2D eigenvalue weighted by molar-refractivity contribution is 6.00. The molecule has 0 radical (unpaired) electrons. The van der Waals surface area contributed by atoms with Gasteiger partial charge >= 0.3 is 6.03 Å². The highest BCUT2D eigenvalue weighted by Gasteiger charge is 2.32. The molecule has 162 valence electrons. The third-order valence-electron chi connectivity index (χ3n) is 5.95. The van der Waals surface area contributed by atoms with Crippen LogP contribution in [-0.4, -0.2) is 61.2 Å². The second-order valence-electron chi connectivity index (χ2n) is 8.49. The number of nitrogens with zero attached hydrogens (tertiary/aromatic N) is 7. The largest absolute Gasteiger partial charge is 0.368 e. The molecule has 3 amide bonds. The molecule has 0 aliphatic carbocycles. The third-order valence-corrected chi connectivity index (χ3v) is 5.95. The van der Waals surface area contributed by atoms with Gasteiger partial charge in [-0.3, -0.25) is 10.1 Å². The summed E-state index contributed by atoms with van der Waals surface area (Å²) in [5.74, 6) is -0.414. The lowest BCUT2D eigenvalue weighted by Crippen LogP contribution is -2.51. The fourth-order valence-corrected chi connectivity index (χ4v) is 4.26. The number of urea groups is 1. The second-order valence-corrected chi connectivity index (χ2v) is 8.49. The van der Waals surface area contributed by atoms with Crippen LogP contribution in [0.1, 0.15) is 43.6 Å². The Labute approximate surface area is 178 Å². The topological polar surface area (TPSA) is 122 Å². The van der Waals surface area contributed by atoms with Gasteiger partial charge in [0.25, 0.3) is 0 Å². The molecule has 2 aliphatic rings. The molecular weight excluding hydrogens is 398 g/mol. The predicted octanol–water partition coefficient (Wildman–Crippen LogP) is 0.894. The lowest BCUT2D eigenvalue weighted by atomic mass is 10.0. The summed E-state index contributed by atoms with van der Waals surface area (Å²) in [6, 6.07) is 1.76. The maximum absolute atomic E-state index is 12.4. The Morgan fingerprint density at radius 1 is 1.29 bits per heavy atom. The minimum Gasteiger partial charge on any atom is -0.368 e. The van der Waals surface area contributed by atoms with Gasteiger partial charge in [-0.05, 0) is 38.7 Å². The molecule has 31 heavy (non-hydrogen) atoms. The summed E-state index contributed by atoms with van der Waals surface area (Å²) >= 11 is 0. The normalized spacial score (nSPS) is 21.7. The van der Waals surface area contributed by atoms with E-state index in [-0.39, 0.29) is 12.5 Å². The van der Waals surface area contributed by atoms with E-state index in [4.69, 9.17) is 0 Å². The lowest BCUT2D eigenvalue weighted by Gasteiger charge is -2.24. The molecule has 2 atom stereocenters. The molecule has 0 aromatic carbocycles. The van der Waals surface area contributed by atoms with E-state index in [0.717, 1.165) is 43.0 Å². The number of hydrogen-bond acceptors (Lipinski definition) is 7. The summed E-state index contributed by atoms with van der Waals surface area (Å²) in [5, 5.41) is 18.1. The number of carbonyl (C=O) groups is 2. The number of imidazole rings is 1. The van der Waals surface area contributed by atoms with Gasteiger partial charge in [0.05, 0.1) is 23.0 Å². The van der Waals surface area contributed by atoms with E-state index in [1.54, 1.807) is 16.9 Å². The summed E-state index contributed by atoms with van der Waals surface area (Å²) in [5.41, 5.74) is 3.33. The molecule has 5 rings (SSSR count). The van der Waals surface area contributed by atoms with Gasteiger partial charge < -0.3 is 10.2 Å². The van der Waals surface area contributed by atoms with Crippen LogP contribution in [0.2, 0.25) is 0 Å². The Bertz CT molecular complexity index is 1130. The highest BCUT2D eigenvalue weighted by Crippen LogP contribution is 2.30. The van der Waals surface area contributed by atoms with Gasteiger partial charge in [0.15, 0.2) is 5.65 Å². The van der Waals surface area contributed by atoms with Crippen molar-refractivity contribution in [2.24, 2.45) is 5.92 Å². The standard InChI is InChI=1S/C20H25N9O2/c1-12(2)29-11-14(24-26-29)7-13-3-5-27(10-13)17-8-16(25-28-6-4-21-18(17)28)15-9-22-20(31)23-19(15)30/h4,6,8,11-13,15H,3,5,7,9-10H2,1-2H3,(H2,22,23,30,31). The Kier molecular flexibility index (Phi) is 4.79. The molecule has 2 saturated heterocycles. The van der Waals surface area contributed by atoms with E-state index in [1.165, 1.54) is 0 Å². The van der Waals surface area contributed by atoms with Crippen molar-refractivity contribution >= 4 is 23.3 Å². The quantitative estimate of drug-likeness (QED) is 0.625. The van der Waals surface area contributed by atoms with Crippen LogP contribution in [0.15, 0.2) is 24.7 Å². The van der Waals surface area contributed by atoms with Crippen LogP contribution in [0.5, 0.6) is 0 Å². The average Bonchev–Trinajstić information content (AvgIpc) is 3.48. The number of rotatable bonds is 5. The van der Waals surface area contributed by atoms with Gasteiger partial charge in [-0.2, -0.15) is 5.10 Å². The number of aromatic nitrogens is 6. The zero-order valence-electron chi connectivity index (χ0n) is 17.5. The molecule has 0 saturated carbocycles. The Morgan fingerprint density at radius 2 is 2.16 bits per heavy atom. The first-order chi connectivity index (χ1) is 15.0. The summed E-state index contributed by atoms with van der Waals surface area (Å²) in [6.45, 7) is 6.16. The number of hydrogen-bond donors (Lipinski definition) is 2.